The number of piperidine rings is 1. The summed E-state index contributed by atoms with van der Waals surface area (Å²) in [7, 11) is 0. The maximum absolute atomic E-state index is 12.3. The monoisotopic (exact) mass is 325 g/mol. The smallest absolute Gasteiger partial charge is 0.273 e. The Bertz CT molecular complexity index is 485. The largest absolute Gasteiger partial charge is 0.353 e. The Morgan fingerprint density at radius 1 is 1.42 bits per heavy atom. The molecule has 1 aromatic rings. The molecular weight excluding hydrogens is 310 g/mol. The first-order valence-electron chi connectivity index (χ1n) is 6.25. The third-order valence-corrected chi connectivity index (χ3v) is 3.79. The fourth-order valence-electron chi connectivity index (χ4n) is 2.21. The van der Waals surface area contributed by atoms with Crippen LogP contribution < -0.4 is 5.32 Å². The highest BCUT2D eigenvalue weighted by atomic mass is 79.9. The molecule has 1 fully saturated rings. The van der Waals surface area contributed by atoms with Crippen LogP contribution in [-0.2, 0) is 4.79 Å². The van der Waals surface area contributed by atoms with Crippen LogP contribution in [0.25, 0.3) is 0 Å². The molecule has 1 aromatic heterocycles. The molecule has 19 heavy (non-hydrogen) atoms. The van der Waals surface area contributed by atoms with Gasteiger partial charge in [0, 0.05) is 36.7 Å². The highest BCUT2D eigenvalue weighted by molar-refractivity contribution is 9.10. The minimum absolute atomic E-state index is 0.0164. The predicted molar refractivity (Wildman–Crippen MR) is 74.7 cm³/mol. The van der Waals surface area contributed by atoms with E-state index in [9.17, 15) is 9.59 Å². The predicted octanol–water partition coefficient (Wildman–Crippen LogP) is 1.58. The summed E-state index contributed by atoms with van der Waals surface area (Å²) in [6.45, 7) is 2.81. The van der Waals surface area contributed by atoms with Gasteiger partial charge in [-0.25, -0.2) is 4.98 Å². The molecule has 0 unspecified atom stereocenters. The number of pyridine rings is 1. The number of hydrogen-bond donors (Lipinski definition) is 1. The molecular formula is C13H16BrN3O2. The van der Waals surface area contributed by atoms with Crippen LogP contribution in [0.5, 0.6) is 0 Å². The van der Waals surface area contributed by atoms with Gasteiger partial charge in [-0.1, -0.05) is 0 Å². The van der Waals surface area contributed by atoms with Gasteiger partial charge < -0.3 is 10.2 Å². The number of hydrogen-bond acceptors (Lipinski definition) is 3. The van der Waals surface area contributed by atoms with Gasteiger partial charge in [0.05, 0.1) is 0 Å². The fraction of sp³-hybridized carbons (Fsp3) is 0.462. The van der Waals surface area contributed by atoms with Gasteiger partial charge in [-0.05, 0) is 40.9 Å². The quantitative estimate of drug-likeness (QED) is 0.898. The van der Waals surface area contributed by atoms with Crippen LogP contribution in [-0.4, -0.2) is 40.8 Å². The molecule has 2 heterocycles. The topological polar surface area (TPSA) is 62.3 Å². The Kier molecular flexibility index (Phi) is 4.52. The lowest BCUT2D eigenvalue weighted by molar-refractivity contribution is -0.119. The van der Waals surface area contributed by atoms with Crippen molar-refractivity contribution in [2.24, 2.45) is 0 Å². The van der Waals surface area contributed by atoms with E-state index in [2.05, 4.69) is 26.2 Å². The first-order valence-corrected chi connectivity index (χ1v) is 7.04. The van der Waals surface area contributed by atoms with Gasteiger partial charge in [0.1, 0.15) is 5.69 Å². The fourth-order valence-corrected chi connectivity index (χ4v) is 2.63. The second-order valence-corrected chi connectivity index (χ2v) is 5.46. The van der Waals surface area contributed by atoms with Crippen molar-refractivity contribution in [1.82, 2.24) is 15.2 Å². The molecule has 0 aliphatic carbocycles. The molecule has 0 saturated carbocycles. The average Bonchev–Trinajstić information content (AvgIpc) is 2.39. The minimum atomic E-state index is -0.0613. The number of nitrogens with one attached hydrogen (secondary N) is 1. The van der Waals surface area contributed by atoms with Crippen molar-refractivity contribution in [3.05, 3.63) is 28.5 Å². The van der Waals surface area contributed by atoms with E-state index in [1.165, 1.54) is 6.92 Å². The Labute approximate surface area is 120 Å². The number of rotatable bonds is 2. The molecule has 102 valence electrons. The van der Waals surface area contributed by atoms with E-state index in [4.69, 9.17) is 0 Å². The van der Waals surface area contributed by atoms with Crippen LogP contribution in [0.3, 0.4) is 0 Å². The summed E-state index contributed by atoms with van der Waals surface area (Å²) in [4.78, 5) is 29.2. The second-order valence-electron chi connectivity index (χ2n) is 4.60. The maximum Gasteiger partial charge on any atom is 0.273 e. The van der Waals surface area contributed by atoms with E-state index >= 15 is 0 Å². The first kappa shape index (κ1) is 14.0. The molecule has 5 nitrogen and oxygen atoms in total. The van der Waals surface area contributed by atoms with Crippen molar-refractivity contribution >= 4 is 27.7 Å². The Balaban J connectivity index is 1.96. The molecule has 1 aliphatic rings. The molecule has 2 rings (SSSR count). The number of nitrogens with zero attached hydrogens (tertiary/aromatic N) is 2. The number of halogens is 1. The molecule has 0 bridgehead atoms. The zero-order chi connectivity index (χ0) is 13.8. The van der Waals surface area contributed by atoms with Crippen molar-refractivity contribution in [2.75, 3.05) is 13.1 Å². The van der Waals surface area contributed by atoms with Gasteiger partial charge in [0.15, 0.2) is 0 Å². The zero-order valence-electron chi connectivity index (χ0n) is 10.7. The van der Waals surface area contributed by atoms with Crippen LogP contribution in [0.1, 0.15) is 30.3 Å². The zero-order valence-corrected chi connectivity index (χ0v) is 12.3. The number of carbonyl (C=O) groups excluding carboxylic acids is 2. The van der Waals surface area contributed by atoms with Crippen LogP contribution in [0.4, 0.5) is 0 Å². The molecule has 0 spiro atoms. The molecule has 0 radical (unpaired) electrons. The normalized spacial score (nSPS) is 16.2. The Hall–Kier alpha value is -1.43. The number of amides is 2. The summed E-state index contributed by atoms with van der Waals surface area (Å²) in [6, 6.07) is 3.77. The lowest BCUT2D eigenvalue weighted by Gasteiger charge is -2.32. The van der Waals surface area contributed by atoms with Crippen molar-refractivity contribution in [3.63, 3.8) is 0 Å². The van der Waals surface area contributed by atoms with Gasteiger partial charge in [-0.2, -0.15) is 0 Å². The van der Waals surface area contributed by atoms with Gasteiger partial charge in [-0.3, -0.25) is 9.59 Å². The van der Waals surface area contributed by atoms with Crippen LogP contribution >= 0.6 is 15.9 Å². The van der Waals surface area contributed by atoms with Crippen molar-refractivity contribution < 1.29 is 9.59 Å². The van der Waals surface area contributed by atoms with Gasteiger partial charge in [0.2, 0.25) is 5.91 Å². The summed E-state index contributed by atoms with van der Waals surface area (Å²) in [5.74, 6) is -0.0778. The Morgan fingerprint density at radius 3 is 2.68 bits per heavy atom. The van der Waals surface area contributed by atoms with Crippen LogP contribution in [0, 0.1) is 0 Å². The van der Waals surface area contributed by atoms with Gasteiger partial charge in [-0.15, -0.1) is 0 Å². The molecule has 0 aromatic carbocycles. The van der Waals surface area contributed by atoms with Gasteiger partial charge in [0.25, 0.3) is 5.91 Å². The number of likely N-dealkylation sites (tertiary alicyclic amines) is 1. The molecule has 1 N–H and O–H groups in total. The minimum Gasteiger partial charge on any atom is -0.353 e. The third-order valence-electron chi connectivity index (χ3n) is 3.15. The average molecular weight is 326 g/mol. The summed E-state index contributed by atoms with van der Waals surface area (Å²) in [6.07, 6.45) is 3.19. The maximum atomic E-state index is 12.3. The number of carbonyl (C=O) groups is 2. The van der Waals surface area contributed by atoms with Crippen molar-refractivity contribution in [1.29, 1.82) is 0 Å². The SMILES string of the molecule is CC(=O)NC1CCN(C(=O)c2ncccc2Br)CC1. The van der Waals surface area contributed by atoms with Crippen LogP contribution in [0.2, 0.25) is 0 Å². The Morgan fingerprint density at radius 2 is 2.11 bits per heavy atom. The molecule has 1 saturated heterocycles. The highest BCUT2D eigenvalue weighted by Crippen LogP contribution is 2.18. The van der Waals surface area contributed by atoms with E-state index in [0.29, 0.717) is 23.3 Å². The highest BCUT2D eigenvalue weighted by Gasteiger charge is 2.25. The van der Waals surface area contributed by atoms with E-state index in [1.54, 1.807) is 17.2 Å². The van der Waals surface area contributed by atoms with E-state index in [1.807, 2.05) is 6.07 Å². The first-order chi connectivity index (χ1) is 9.08. The summed E-state index contributed by atoms with van der Waals surface area (Å²) < 4.78 is 0.712. The standard InChI is InChI=1S/C13H16BrN3O2/c1-9(18)16-10-4-7-17(8-5-10)13(19)12-11(14)3-2-6-15-12/h2-3,6,10H,4-5,7-8H2,1H3,(H,16,18). The van der Waals surface area contributed by atoms with E-state index in [0.717, 1.165) is 12.8 Å². The lowest BCUT2D eigenvalue weighted by atomic mass is 10.0. The molecule has 1 aliphatic heterocycles. The summed E-state index contributed by atoms with van der Waals surface area (Å²) in [5.41, 5.74) is 0.445. The van der Waals surface area contributed by atoms with Crippen molar-refractivity contribution in [2.45, 2.75) is 25.8 Å². The second kappa shape index (κ2) is 6.14. The third kappa shape index (κ3) is 3.53. The number of aromatic nitrogens is 1. The summed E-state index contributed by atoms with van der Waals surface area (Å²) in [5, 5.41) is 2.89. The van der Waals surface area contributed by atoms with E-state index in [-0.39, 0.29) is 17.9 Å². The van der Waals surface area contributed by atoms with Crippen LogP contribution in [0.15, 0.2) is 22.8 Å². The molecule has 6 heteroatoms. The van der Waals surface area contributed by atoms with Gasteiger partial charge >= 0.3 is 0 Å². The lowest BCUT2D eigenvalue weighted by Crippen LogP contribution is -2.46. The molecule has 0 atom stereocenters. The summed E-state index contributed by atoms with van der Waals surface area (Å²) >= 11 is 3.34. The molecule has 2 amide bonds. The van der Waals surface area contributed by atoms with Crippen molar-refractivity contribution in [3.8, 4) is 0 Å². The van der Waals surface area contributed by atoms with E-state index < -0.39 is 0 Å².